The van der Waals surface area contributed by atoms with Crippen LogP contribution in [0.25, 0.3) is 11.4 Å². The lowest BCUT2D eigenvalue weighted by Crippen LogP contribution is -2.31. The smallest absolute Gasteiger partial charge is 0.290 e. The molecule has 0 radical (unpaired) electrons. The van der Waals surface area contributed by atoms with Crippen molar-refractivity contribution in [2.24, 2.45) is 0 Å². The second kappa shape index (κ2) is 8.92. The monoisotopic (exact) mass is 418 g/mol. The van der Waals surface area contributed by atoms with Crippen LogP contribution in [0.2, 0.25) is 0 Å². The van der Waals surface area contributed by atoms with Crippen LogP contribution < -0.4 is 10.1 Å². The standard InChI is InChI=1S/C23H22N4O2S/c1-16-10-12-18(13-11-16)21-25-23(24-15-20-9-6-14-30-20)27(26-21)22(28)17(2)29-19-7-4-3-5-8-19/h3-14,17H,15H2,1-2H3,(H,24,25,26). The van der Waals surface area contributed by atoms with E-state index < -0.39 is 6.10 Å². The minimum atomic E-state index is -0.720. The quantitative estimate of drug-likeness (QED) is 0.456. The molecule has 1 N–H and O–H groups in total. The molecule has 1 unspecified atom stereocenters. The first-order chi connectivity index (χ1) is 14.6. The van der Waals surface area contributed by atoms with Crippen LogP contribution in [-0.2, 0) is 6.54 Å². The Balaban J connectivity index is 1.61. The highest BCUT2D eigenvalue weighted by molar-refractivity contribution is 7.09. The van der Waals surface area contributed by atoms with Crippen LogP contribution in [0, 0.1) is 6.92 Å². The SMILES string of the molecule is Cc1ccc(-c2nc(NCc3cccs3)n(C(=O)C(C)Oc3ccccc3)n2)cc1. The predicted octanol–water partition coefficient (Wildman–Crippen LogP) is 5.03. The number of hydrogen-bond donors (Lipinski definition) is 1. The van der Waals surface area contributed by atoms with E-state index in [1.54, 1.807) is 18.3 Å². The van der Waals surface area contributed by atoms with Crippen molar-refractivity contribution in [3.8, 4) is 17.1 Å². The van der Waals surface area contributed by atoms with Crippen molar-refractivity contribution in [1.82, 2.24) is 14.8 Å². The van der Waals surface area contributed by atoms with Crippen molar-refractivity contribution in [1.29, 1.82) is 0 Å². The van der Waals surface area contributed by atoms with E-state index >= 15 is 0 Å². The third-order valence-electron chi connectivity index (χ3n) is 4.53. The Morgan fingerprint density at radius 1 is 1.10 bits per heavy atom. The van der Waals surface area contributed by atoms with E-state index in [0.717, 1.165) is 16.0 Å². The number of carbonyl (C=O) groups excluding carboxylic acids is 1. The minimum Gasteiger partial charge on any atom is -0.481 e. The number of aromatic nitrogens is 3. The first kappa shape index (κ1) is 19.8. The van der Waals surface area contributed by atoms with E-state index in [-0.39, 0.29) is 5.91 Å². The molecule has 0 saturated heterocycles. The number of ether oxygens (including phenoxy) is 1. The fourth-order valence-electron chi connectivity index (χ4n) is 2.91. The lowest BCUT2D eigenvalue weighted by molar-refractivity contribution is 0.0713. The molecule has 2 aromatic carbocycles. The van der Waals surface area contributed by atoms with Crippen LogP contribution >= 0.6 is 11.3 Å². The van der Waals surface area contributed by atoms with Crippen LogP contribution in [-0.4, -0.2) is 26.8 Å². The topological polar surface area (TPSA) is 69.0 Å². The van der Waals surface area contributed by atoms with E-state index in [0.29, 0.717) is 24.1 Å². The van der Waals surface area contributed by atoms with Crippen LogP contribution in [0.1, 0.15) is 22.2 Å². The zero-order chi connectivity index (χ0) is 20.9. The van der Waals surface area contributed by atoms with Crippen LogP contribution in [0.5, 0.6) is 5.75 Å². The van der Waals surface area contributed by atoms with Crippen molar-refractivity contribution in [2.45, 2.75) is 26.5 Å². The largest absolute Gasteiger partial charge is 0.481 e. The number of anilines is 1. The van der Waals surface area contributed by atoms with Crippen LogP contribution in [0.15, 0.2) is 72.1 Å². The van der Waals surface area contributed by atoms with Gasteiger partial charge >= 0.3 is 0 Å². The number of nitrogens with zero attached hydrogens (tertiary/aromatic N) is 3. The molecule has 4 aromatic rings. The average Bonchev–Trinajstić information content (AvgIpc) is 3.43. The molecule has 0 bridgehead atoms. The number of carbonyl (C=O) groups is 1. The lowest BCUT2D eigenvalue weighted by atomic mass is 10.1. The molecular formula is C23H22N4O2S. The van der Waals surface area contributed by atoms with E-state index in [2.05, 4.69) is 15.4 Å². The van der Waals surface area contributed by atoms with Gasteiger partial charge in [-0.05, 0) is 37.4 Å². The fraction of sp³-hybridized carbons (Fsp3) is 0.174. The average molecular weight is 419 g/mol. The van der Waals surface area contributed by atoms with Gasteiger partial charge in [0.2, 0.25) is 5.95 Å². The number of thiophene rings is 1. The van der Waals surface area contributed by atoms with Gasteiger partial charge in [0.25, 0.3) is 5.91 Å². The highest BCUT2D eigenvalue weighted by atomic mass is 32.1. The normalized spacial score (nSPS) is 11.8. The second-order valence-corrected chi connectivity index (χ2v) is 7.91. The number of rotatable bonds is 7. The van der Waals surface area contributed by atoms with E-state index in [9.17, 15) is 4.79 Å². The Kier molecular flexibility index (Phi) is 5.90. The first-order valence-corrected chi connectivity index (χ1v) is 10.5. The summed E-state index contributed by atoms with van der Waals surface area (Å²) in [5.74, 6) is 1.22. The Hall–Kier alpha value is -3.45. The Bertz CT molecular complexity index is 1110. The van der Waals surface area contributed by atoms with Crippen molar-refractivity contribution < 1.29 is 9.53 Å². The molecule has 0 spiro atoms. The zero-order valence-corrected chi connectivity index (χ0v) is 17.6. The molecule has 6 nitrogen and oxygen atoms in total. The van der Waals surface area contributed by atoms with Crippen LogP contribution in [0.3, 0.4) is 0 Å². The molecule has 152 valence electrons. The number of nitrogens with one attached hydrogen (secondary N) is 1. The molecule has 2 heterocycles. The summed E-state index contributed by atoms with van der Waals surface area (Å²) >= 11 is 1.64. The molecule has 0 aliphatic rings. The van der Waals surface area contributed by atoms with Crippen molar-refractivity contribution >= 4 is 23.2 Å². The van der Waals surface area contributed by atoms with Gasteiger partial charge in [-0.1, -0.05) is 54.1 Å². The molecule has 0 saturated carbocycles. The van der Waals surface area contributed by atoms with Gasteiger partial charge in [-0.15, -0.1) is 16.4 Å². The van der Waals surface area contributed by atoms with Crippen molar-refractivity contribution in [3.63, 3.8) is 0 Å². The van der Waals surface area contributed by atoms with E-state index in [1.165, 1.54) is 4.68 Å². The minimum absolute atomic E-state index is 0.293. The lowest BCUT2D eigenvalue weighted by Gasteiger charge is -2.14. The predicted molar refractivity (Wildman–Crippen MR) is 119 cm³/mol. The summed E-state index contributed by atoms with van der Waals surface area (Å²) in [6.07, 6.45) is -0.720. The maximum atomic E-state index is 13.1. The molecule has 0 fully saturated rings. The van der Waals surface area contributed by atoms with Crippen molar-refractivity contribution in [2.75, 3.05) is 5.32 Å². The number of para-hydroxylation sites is 1. The maximum absolute atomic E-state index is 13.1. The van der Waals surface area contributed by atoms with Gasteiger partial charge in [0.05, 0.1) is 6.54 Å². The number of benzene rings is 2. The summed E-state index contributed by atoms with van der Waals surface area (Å²) in [6.45, 7) is 4.30. The van der Waals surface area contributed by atoms with Gasteiger partial charge in [0.1, 0.15) is 5.75 Å². The summed E-state index contributed by atoms with van der Waals surface area (Å²) < 4.78 is 7.10. The second-order valence-electron chi connectivity index (χ2n) is 6.88. The third kappa shape index (κ3) is 4.58. The molecular weight excluding hydrogens is 396 g/mol. The van der Waals surface area contributed by atoms with Gasteiger partial charge in [-0.25, -0.2) is 0 Å². The molecule has 2 aromatic heterocycles. The Morgan fingerprint density at radius 3 is 2.57 bits per heavy atom. The Labute approximate surface area is 179 Å². The molecule has 1 atom stereocenters. The third-order valence-corrected chi connectivity index (χ3v) is 5.41. The number of aryl methyl sites for hydroxylation is 1. The van der Waals surface area contributed by atoms with E-state index in [1.807, 2.05) is 79.0 Å². The highest BCUT2D eigenvalue weighted by Crippen LogP contribution is 2.21. The van der Waals surface area contributed by atoms with Gasteiger partial charge in [-0.2, -0.15) is 9.67 Å². The molecule has 0 amide bonds. The molecule has 30 heavy (non-hydrogen) atoms. The Morgan fingerprint density at radius 2 is 1.87 bits per heavy atom. The molecule has 7 heteroatoms. The van der Waals surface area contributed by atoms with E-state index in [4.69, 9.17) is 4.74 Å². The fourth-order valence-corrected chi connectivity index (χ4v) is 3.55. The number of hydrogen-bond acceptors (Lipinski definition) is 6. The van der Waals surface area contributed by atoms with Gasteiger partial charge in [0.15, 0.2) is 11.9 Å². The van der Waals surface area contributed by atoms with Gasteiger partial charge in [0, 0.05) is 10.4 Å². The van der Waals surface area contributed by atoms with Crippen molar-refractivity contribution in [3.05, 3.63) is 82.6 Å². The summed E-state index contributed by atoms with van der Waals surface area (Å²) in [4.78, 5) is 18.9. The first-order valence-electron chi connectivity index (χ1n) is 9.66. The van der Waals surface area contributed by atoms with Gasteiger partial charge < -0.3 is 10.1 Å². The summed E-state index contributed by atoms with van der Waals surface area (Å²) in [5, 5.41) is 9.74. The highest BCUT2D eigenvalue weighted by Gasteiger charge is 2.23. The molecule has 0 aliphatic heterocycles. The van der Waals surface area contributed by atoms with Crippen LogP contribution in [0.4, 0.5) is 5.95 Å². The zero-order valence-electron chi connectivity index (χ0n) is 16.8. The summed E-state index contributed by atoms with van der Waals surface area (Å²) in [7, 11) is 0. The molecule has 4 rings (SSSR count). The summed E-state index contributed by atoms with van der Waals surface area (Å²) in [6, 6.07) is 21.2. The molecule has 0 aliphatic carbocycles. The maximum Gasteiger partial charge on any atom is 0.290 e. The summed E-state index contributed by atoms with van der Waals surface area (Å²) in [5.41, 5.74) is 2.00. The van der Waals surface area contributed by atoms with Gasteiger partial charge in [-0.3, -0.25) is 4.79 Å².